The summed E-state index contributed by atoms with van der Waals surface area (Å²) in [5.74, 6) is 0.391. The molecule has 2 aliphatic heterocycles. The molecule has 3 aliphatic rings. The second-order valence-corrected chi connectivity index (χ2v) is 7.87. The smallest absolute Gasteiger partial charge is 0.115 e. The van der Waals surface area contributed by atoms with Gasteiger partial charge in [0.05, 0.1) is 25.7 Å². The van der Waals surface area contributed by atoms with Crippen molar-refractivity contribution in [2.24, 2.45) is 5.41 Å². The van der Waals surface area contributed by atoms with Crippen molar-refractivity contribution in [3.05, 3.63) is 29.3 Å². The van der Waals surface area contributed by atoms with Gasteiger partial charge in [-0.3, -0.25) is 0 Å². The van der Waals surface area contributed by atoms with Gasteiger partial charge in [0.1, 0.15) is 11.8 Å². The van der Waals surface area contributed by atoms with Gasteiger partial charge < -0.3 is 14.7 Å². The maximum atomic E-state index is 10.5. The second-order valence-electron chi connectivity index (χ2n) is 7.87. The van der Waals surface area contributed by atoms with Gasteiger partial charge in [-0.1, -0.05) is 6.92 Å². The van der Waals surface area contributed by atoms with Crippen molar-refractivity contribution < 1.29 is 14.7 Å². The van der Waals surface area contributed by atoms with E-state index >= 15 is 0 Å². The summed E-state index contributed by atoms with van der Waals surface area (Å²) in [6.07, 6.45) is 5.30. The Hall–Kier alpha value is -1.06. The van der Waals surface area contributed by atoms with E-state index in [2.05, 4.69) is 20.0 Å². The fraction of sp³-hybridized carbons (Fsp3) is 0.667. The summed E-state index contributed by atoms with van der Waals surface area (Å²) in [5, 5.41) is 20.2. The summed E-state index contributed by atoms with van der Waals surface area (Å²) in [5.41, 5.74) is 2.86. The summed E-state index contributed by atoms with van der Waals surface area (Å²) < 4.78 is 1.09. The predicted octanol–water partition coefficient (Wildman–Crippen LogP) is 2.76. The summed E-state index contributed by atoms with van der Waals surface area (Å²) >= 11 is 0. The SMILES string of the molecule is CC12CCC3c4ccc(O)cc4CC[N+]3(C)C1CCC2O. The maximum absolute atomic E-state index is 10.5. The van der Waals surface area contributed by atoms with E-state index in [-0.39, 0.29) is 11.5 Å². The third-order valence-corrected chi connectivity index (χ3v) is 6.96. The number of quaternary nitrogens is 1. The molecule has 1 aliphatic carbocycles. The molecule has 5 unspecified atom stereocenters. The Bertz CT molecular complexity index is 587. The van der Waals surface area contributed by atoms with Gasteiger partial charge in [0.2, 0.25) is 0 Å². The molecule has 0 radical (unpaired) electrons. The molecule has 0 bridgehead atoms. The molecule has 2 fully saturated rings. The number of nitrogens with zero attached hydrogens (tertiary/aromatic N) is 1. The molecule has 0 amide bonds. The monoisotopic (exact) mass is 288 g/mol. The molecule has 0 spiro atoms. The van der Waals surface area contributed by atoms with E-state index in [1.165, 1.54) is 11.1 Å². The van der Waals surface area contributed by atoms with Crippen LogP contribution in [0, 0.1) is 5.41 Å². The number of hydrogen-bond donors (Lipinski definition) is 2. The van der Waals surface area contributed by atoms with Crippen molar-refractivity contribution in [3.63, 3.8) is 0 Å². The molecular formula is C18H26NO2+. The number of rotatable bonds is 0. The van der Waals surface area contributed by atoms with E-state index < -0.39 is 0 Å². The van der Waals surface area contributed by atoms with Crippen LogP contribution < -0.4 is 0 Å². The molecule has 3 heteroatoms. The normalized spacial score (nSPS) is 44.8. The van der Waals surface area contributed by atoms with Crippen LogP contribution in [0.4, 0.5) is 0 Å². The zero-order chi connectivity index (χ0) is 14.8. The molecule has 4 rings (SSSR count). The number of piperidine rings is 1. The number of fused-ring (bicyclic) bond motifs is 5. The number of hydrogen-bond acceptors (Lipinski definition) is 2. The molecule has 21 heavy (non-hydrogen) atoms. The molecule has 1 saturated carbocycles. The molecule has 1 aromatic carbocycles. The van der Waals surface area contributed by atoms with Crippen LogP contribution >= 0.6 is 0 Å². The summed E-state index contributed by atoms with van der Waals surface area (Å²) in [6.45, 7) is 3.44. The quantitative estimate of drug-likeness (QED) is 0.721. The predicted molar refractivity (Wildman–Crippen MR) is 82.0 cm³/mol. The van der Waals surface area contributed by atoms with Crippen LogP contribution in [0.15, 0.2) is 18.2 Å². The molecule has 3 nitrogen and oxygen atoms in total. The van der Waals surface area contributed by atoms with Gasteiger partial charge in [0.25, 0.3) is 0 Å². The molecule has 2 N–H and O–H groups in total. The Balaban J connectivity index is 1.78. The van der Waals surface area contributed by atoms with Gasteiger partial charge in [-0.15, -0.1) is 0 Å². The lowest BCUT2D eigenvalue weighted by molar-refractivity contribution is -0.975. The number of phenols is 1. The summed E-state index contributed by atoms with van der Waals surface area (Å²) in [6, 6.07) is 7.05. The van der Waals surface area contributed by atoms with Crippen LogP contribution in [-0.4, -0.2) is 40.4 Å². The Morgan fingerprint density at radius 3 is 2.86 bits per heavy atom. The second kappa shape index (κ2) is 4.23. The van der Waals surface area contributed by atoms with E-state index in [0.717, 1.165) is 43.1 Å². The maximum Gasteiger partial charge on any atom is 0.115 e. The summed E-state index contributed by atoms with van der Waals surface area (Å²) in [4.78, 5) is 0. The molecule has 2 heterocycles. The minimum Gasteiger partial charge on any atom is -0.508 e. The number of aliphatic hydroxyl groups excluding tert-OH is 1. The van der Waals surface area contributed by atoms with E-state index in [1.807, 2.05) is 12.1 Å². The van der Waals surface area contributed by atoms with E-state index in [1.54, 1.807) is 0 Å². The average Bonchev–Trinajstić information content (AvgIpc) is 2.75. The third-order valence-electron chi connectivity index (χ3n) is 6.96. The van der Waals surface area contributed by atoms with Crippen molar-refractivity contribution in [2.75, 3.05) is 13.6 Å². The number of likely N-dealkylation sites (N-methyl/N-ethyl adjacent to an activating group) is 1. The first-order chi connectivity index (χ1) is 9.95. The van der Waals surface area contributed by atoms with Crippen molar-refractivity contribution >= 4 is 0 Å². The summed E-state index contributed by atoms with van der Waals surface area (Å²) in [7, 11) is 2.40. The standard InChI is InChI=1S/C18H25NO2/c1-18-9-7-15-14-4-3-13(20)11-12(14)8-10-19(15,2)16(18)5-6-17(18)21/h3-4,11,15-17,21H,5-10H2,1-2H3/p+1. The lowest BCUT2D eigenvalue weighted by atomic mass is 9.69. The fourth-order valence-corrected chi connectivity index (χ4v) is 5.74. The molecule has 5 atom stereocenters. The first-order valence-corrected chi connectivity index (χ1v) is 8.30. The number of phenolic OH excluding ortho intramolecular Hbond substituents is 1. The zero-order valence-corrected chi connectivity index (χ0v) is 13.0. The Morgan fingerprint density at radius 1 is 1.24 bits per heavy atom. The van der Waals surface area contributed by atoms with Crippen LogP contribution in [0.2, 0.25) is 0 Å². The fourth-order valence-electron chi connectivity index (χ4n) is 5.74. The topological polar surface area (TPSA) is 40.5 Å². The van der Waals surface area contributed by atoms with Crippen molar-refractivity contribution in [1.29, 1.82) is 0 Å². The van der Waals surface area contributed by atoms with E-state index in [9.17, 15) is 10.2 Å². The van der Waals surface area contributed by atoms with Gasteiger partial charge >= 0.3 is 0 Å². The Morgan fingerprint density at radius 2 is 2.05 bits per heavy atom. The van der Waals surface area contributed by atoms with Crippen LogP contribution in [-0.2, 0) is 6.42 Å². The molecule has 0 aromatic heterocycles. The highest BCUT2D eigenvalue weighted by atomic mass is 16.3. The van der Waals surface area contributed by atoms with Crippen LogP contribution in [0.5, 0.6) is 5.75 Å². The number of benzene rings is 1. The third kappa shape index (κ3) is 1.68. The molecule has 1 aromatic rings. The first kappa shape index (κ1) is 13.6. The van der Waals surface area contributed by atoms with Crippen molar-refractivity contribution in [1.82, 2.24) is 0 Å². The largest absolute Gasteiger partial charge is 0.508 e. The van der Waals surface area contributed by atoms with Crippen LogP contribution in [0.3, 0.4) is 0 Å². The van der Waals surface area contributed by atoms with Crippen LogP contribution in [0.25, 0.3) is 0 Å². The van der Waals surface area contributed by atoms with Crippen molar-refractivity contribution in [2.45, 2.75) is 57.2 Å². The van der Waals surface area contributed by atoms with Gasteiger partial charge in [0.15, 0.2) is 0 Å². The molecule has 114 valence electrons. The van der Waals surface area contributed by atoms with Gasteiger partial charge in [-0.2, -0.15) is 0 Å². The first-order valence-electron chi connectivity index (χ1n) is 8.30. The van der Waals surface area contributed by atoms with Gasteiger partial charge in [0, 0.05) is 30.2 Å². The highest BCUT2D eigenvalue weighted by Crippen LogP contribution is 2.57. The molecular weight excluding hydrogens is 262 g/mol. The minimum atomic E-state index is -0.125. The van der Waals surface area contributed by atoms with E-state index in [0.29, 0.717) is 17.8 Å². The Labute approximate surface area is 126 Å². The number of aliphatic hydroxyl groups is 1. The van der Waals surface area contributed by atoms with E-state index in [4.69, 9.17) is 0 Å². The molecule has 1 saturated heterocycles. The highest BCUT2D eigenvalue weighted by molar-refractivity contribution is 5.38. The van der Waals surface area contributed by atoms with Gasteiger partial charge in [-0.25, -0.2) is 0 Å². The van der Waals surface area contributed by atoms with Gasteiger partial charge in [-0.05, 0) is 36.6 Å². The van der Waals surface area contributed by atoms with Crippen LogP contribution in [0.1, 0.15) is 49.8 Å². The lowest BCUT2D eigenvalue weighted by Gasteiger charge is -2.58. The average molecular weight is 288 g/mol. The highest BCUT2D eigenvalue weighted by Gasteiger charge is 2.61. The lowest BCUT2D eigenvalue weighted by Crippen LogP contribution is -2.65. The minimum absolute atomic E-state index is 0.0969. The van der Waals surface area contributed by atoms with Crippen molar-refractivity contribution in [3.8, 4) is 5.75 Å². The number of aromatic hydroxyl groups is 1. The Kier molecular flexibility index (Phi) is 2.74. The zero-order valence-electron chi connectivity index (χ0n) is 13.0.